The normalized spacial score (nSPS) is 10.2. The zero-order chi connectivity index (χ0) is 8.97. The minimum absolute atomic E-state index is 0.0299. The maximum atomic E-state index is 11.2. The molecule has 1 aromatic heterocycles. The molecule has 0 bridgehead atoms. The van der Waals surface area contributed by atoms with E-state index in [1.807, 2.05) is 14.0 Å². The Hall–Kier alpha value is -1.16. The van der Waals surface area contributed by atoms with Crippen LogP contribution in [0.5, 0.6) is 0 Å². The molecule has 0 aromatic carbocycles. The summed E-state index contributed by atoms with van der Waals surface area (Å²) in [4.78, 5) is 18.0. The van der Waals surface area contributed by atoms with Crippen LogP contribution in [-0.2, 0) is 13.0 Å². The van der Waals surface area contributed by atoms with Crippen molar-refractivity contribution in [3.63, 3.8) is 0 Å². The fourth-order valence-corrected chi connectivity index (χ4v) is 0.967. The highest BCUT2D eigenvalue weighted by molar-refractivity contribution is 5.05. The van der Waals surface area contributed by atoms with Gasteiger partial charge < -0.3 is 10.3 Å². The highest BCUT2D eigenvalue weighted by Crippen LogP contribution is 1.89. The topological polar surface area (TPSA) is 57.8 Å². The molecular formula is C8H13N3O. The lowest BCUT2D eigenvalue weighted by molar-refractivity contribution is 0.747. The van der Waals surface area contributed by atoms with Gasteiger partial charge in [0, 0.05) is 11.8 Å². The summed E-state index contributed by atoms with van der Waals surface area (Å²) < 4.78 is 0. The molecule has 0 unspecified atom stereocenters. The Kier molecular flexibility index (Phi) is 2.99. The molecule has 2 N–H and O–H groups in total. The molecule has 4 nitrogen and oxygen atoms in total. The van der Waals surface area contributed by atoms with E-state index in [1.54, 1.807) is 6.20 Å². The van der Waals surface area contributed by atoms with E-state index in [-0.39, 0.29) is 5.56 Å². The lowest BCUT2D eigenvalue weighted by Crippen LogP contribution is -2.18. The molecule has 1 heterocycles. The molecule has 0 spiro atoms. The van der Waals surface area contributed by atoms with Gasteiger partial charge in [0.05, 0.1) is 6.54 Å². The van der Waals surface area contributed by atoms with Crippen LogP contribution >= 0.6 is 0 Å². The minimum atomic E-state index is -0.0299. The van der Waals surface area contributed by atoms with Gasteiger partial charge in [0.25, 0.3) is 5.56 Å². The van der Waals surface area contributed by atoms with E-state index in [2.05, 4.69) is 15.3 Å². The SMILES string of the molecule is CCc1cnc(CNC)[nH]c1=O. The van der Waals surface area contributed by atoms with Crippen LogP contribution in [0.1, 0.15) is 18.3 Å². The number of nitrogens with one attached hydrogen (secondary N) is 2. The van der Waals surface area contributed by atoms with E-state index in [0.717, 1.165) is 12.0 Å². The van der Waals surface area contributed by atoms with Crippen LogP contribution in [0.15, 0.2) is 11.0 Å². The van der Waals surface area contributed by atoms with Gasteiger partial charge in [-0.1, -0.05) is 6.92 Å². The maximum Gasteiger partial charge on any atom is 0.254 e. The predicted octanol–water partition coefficient (Wildman–Crippen LogP) is 0.0517. The molecule has 1 aromatic rings. The first kappa shape index (κ1) is 8.93. The third kappa shape index (κ3) is 1.92. The number of hydrogen-bond donors (Lipinski definition) is 2. The van der Waals surface area contributed by atoms with E-state index >= 15 is 0 Å². The van der Waals surface area contributed by atoms with Gasteiger partial charge in [0.1, 0.15) is 5.82 Å². The Morgan fingerprint density at radius 1 is 1.67 bits per heavy atom. The maximum absolute atomic E-state index is 11.2. The number of nitrogens with zero attached hydrogens (tertiary/aromatic N) is 1. The average Bonchev–Trinajstić information content (AvgIpc) is 2.05. The molecule has 0 aliphatic rings. The van der Waals surface area contributed by atoms with E-state index < -0.39 is 0 Å². The summed E-state index contributed by atoms with van der Waals surface area (Å²) in [5.74, 6) is 0.680. The van der Waals surface area contributed by atoms with Crippen LogP contribution in [0.3, 0.4) is 0 Å². The van der Waals surface area contributed by atoms with Crippen molar-refractivity contribution in [1.82, 2.24) is 15.3 Å². The molecule has 4 heteroatoms. The summed E-state index contributed by atoms with van der Waals surface area (Å²) >= 11 is 0. The number of rotatable bonds is 3. The summed E-state index contributed by atoms with van der Waals surface area (Å²) in [5, 5.41) is 2.92. The number of H-pyrrole nitrogens is 1. The van der Waals surface area contributed by atoms with Crippen molar-refractivity contribution < 1.29 is 0 Å². The smallest absolute Gasteiger partial charge is 0.254 e. The molecule has 0 saturated carbocycles. The van der Waals surface area contributed by atoms with Gasteiger partial charge in [0.15, 0.2) is 0 Å². The molecular weight excluding hydrogens is 154 g/mol. The van der Waals surface area contributed by atoms with E-state index in [0.29, 0.717) is 12.4 Å². The van der Waals surface area contributed by atoms with Crippen LogP contribution in [0.2, 0.25) is 0 Å². The molecule has 1 rings (SSSR count). The third-order valence-electron chi connectivity index (χ3n) is 1.65. The van der Waals surface area contributed by atoms with Gasteiger partial charge in [-0.2, -0.15) is 0 Å². The molecule has 0 amide bonds. The first-order valence-electron chi connectivity index (χ1n) is 3.99. The molecule has 0 aliphatic heterocycles. The van der Waals surface area contributed by atoms with Crippen LogP contribution < -0.4 is 10.9 Å². The molecule has 12 heavy (non-hydrogen) atoms. The van der Waals surface area contributed by atoms with Gasteiger partial charge in [0.2, 0.25) is 0 Å². The van der Waals surface area contributed by atoms with Crippen molar-refractivity contribution >= 4 is 0 Å². The lowest BCUT2D eigenvalue weighted by Gasteiger charge is -1.99. The zero-order valence-electron chi connectivity index (χ0n) is 7.35. The molecule has 0 fully saturated rings. The number of aromatic amines is 1. The standard InChI is InChI=1S/C8H13N3O/c1-3-6-4-10-7(5-9-2)11-8(6)12/h4,9H,3,5H2,1-2H3,(H,10,11,12). The van der Waals surface area contributed by atoms with Crippen LogP contribution in [0.4, 0.5) is 0 Å². The van der Waals surface area contributed by atoms with Crippen molar-refractivity contribution in [1.29, 1.82) is 0 Å². The van der Waals surface area contributed by atoms with Gasteiger partial charge in [-0.3, -0.25) is 4.79 Å². The Bertz CT molecular complexity index is 305. The summed E-state index contributed by atoms with van der Waals surface area (Å²) in [6.45, 7) is 2.53. The van der Waals surface area contributed by atoms with Crippen molar-refractivity contribution in [3.05, 3.63) is 27.9 Å². The summed E-state index contributed by atoms with van der Waals surface area (Å²) in [6.07, 6.45) is 2.35. The van der Waals surface area contributed by atoms with Gasteiger partial charge in [-0.25, -0.2) is 4.98 Å². The van der Waals surface area contributed by atoms with E-state index in [1.165, 1.54) is 0 Å². The van der Waals surface area contributed by atoms with Gasteiger partial charge in [-0.15, -0.1) is 0 Å². The number of hydrogen-bond acceptors (Lipinski definition) is 3. The minimum Gasteiger partial charge on any atom is -0.313 e. The first-order chi connectivity index (χ1) is 5.77. The molecule has 0 radical (unpaired) electrons. The van der Waals surface area contributed by atoms with E-state index in [4.69, 9.17) is 0 Å². The van der Waals surface area contributed by atoms with Crippen molar-refractivity contribution in [2.45, 2.75) is 19.9 Å². The van der Waals surface area contributed by atoms with Crippen molar-refractivity contribution in [2.75, 3.05) is 7.05 Å². The Morgan fingerprint density at radius 3 is 2.92 bits per heavy atom. The highest BCUT2D eigenvalue weighted by Gasteiger charge is 1.98. The summed E-state index contributed by atoms with van der Waals surface area (Å²) in [7, 11) is 1.81. The van der Waals surface area contributed by atoms with Crippen LogP contribution in [0, 0.1) is 0 Å². The molecule has 0 atom stereocenters. The highest BCUT2D eigenvalue weighted by atomic mass is 16.1. The Balaban J connectivity index is 2.94. The van der Waals surface area contributed by atoms with Crippen LogP contribution in [0.25, 0.3) is 0 Å². The molecule has 66 valence electrons. The first-order valence-corrected chi connectivity index (χ1v) is 3.99. The summed E-state index contributed by atoms with van der Waals surface area (Å²) in [5.41, 5.74) is 0.701. The largest absolute Gasteiger partial charge is 0.313 e. The summed E-state index contributed by atoms with van der Waals surface area (Å²) in [6, 6.07) is 0. The lowest BCUT2D eigenvalue weighted by atomic mass is 10.3. The second-order valence-corrected chi connectivity index (χ2v) is 2.57. The third-order valence-corrected chi connectivity index (χ3v) is 1.65. The molecule has 0 saturated heterocycles. The van der Waals surface area contributed by atoms with Gasteiger partial charge >= 0.3 is 0 Å². The predicted molar refractivity (Wildman–Crippen MR) is 47.0 cm³/mol. The Morgan fingerprint density at radius 2 is 2.42 bits per heavy atom. The van der Waals surface area contributed by atoms with Crippen molar-refractivity contribution in [2.24, 2.45) is 0 Å². The van der Waals surface area contributed by atoms with Crippen molar-refractivity contribution in [3.8, 4) is 0 Å². The monoisotopic (exact) mass is 167 g/mol. The van der Waals surface area contributed by atoms with Crippen LogP contribution in [-0.4, -0.2) is 17.0 Å². The second kappa shape index (κ2) is 4.01. The number of aromatic nitrogens is 2. The Labute approximate surface area is 71.0 Å². The quantitative estimate of drug-likeness (QED) is 0.669. The number of aryl methyl sites for hydroxylation is 1. The second-order valence-electron chi connectivity index (χ2n) is 2.57. The molecule has 0 aliphatic carbocycles. The average molecular weight is 167 g/mol. The fraction of sp³-hybridized carbons (Fsp3) is 0.500. The zero-order valence-corrected chi connectivity index (χ0v) is 7.35. The fourth-order valence-electron chi connectivity index (χ4n) is 0.967. The van der Waals surface area contributed by atoms with Gasteiger partial charge in [-0.05, 0) is 13.5 Å². The van der Waals surface area contributed by atoms with E-state index in [9.17, 15) is 4.79 Å².